The number of carbonyl (C=O) groups excluding carboxylic acids is 1. The van der Waals surface area contributed by atoms with Gasteiger partial charge in [0.25, 0.3) is 0 Å². The summed E-state index contributed by atoms with van der Waals surface area (Å²) >= 11 is 3.29. The summed E-state index contributed by atoms with van der Waals surface area (Å²) in [5.74, 6) is -0.0238. The zero-order valence-corrected chi connectivity index (χ0v) is 12.5. The second kappa shape index (κ2) is 6.61. The van der Waals surface area contributed by atoms with Gasteiger partial charge in [-0.2, -0.15) is 0 Å². The highest BCUT2D eigenvalue weighted by atomic mass is 79.9. The molecule has 0 aliphatic carbocycles. The van der Waals surface area contributed by atoms with E-state index in [0.29, 0.717) is 11.4 Å². The van der Waals surface area contributed by atoms with Crippen molar-refractivity contribution in [1.29, 1.82) is 0 Å². The van der Waals surface area contributed by atoms with Crippen LogP contribution in [0, 0.1) is 12.7 Å². The van der Waals surface area contributed by atoms with E-state index in [1.807, 2.05) is 13.0 Å². The van der Waals surface area contributed by atoms with Crippen LogP contribution in [-0.2, 0) is 11.2 Å². The van der Waals surface area contributed by atoms with Gasteiger partial charge in [-0.05, 0) is 36.6 Å². The monoisotopic (exact) mass is 336 g/mol. The maximum Gasteiger partial charge on any atom is 0.239 e. The van der Waals surface area contributed by atoms with Crippen molar-refractivity contribution in [2.24, 2.45) is 0 Å². The highest BCUT2D eigenvalue weighted by molar-refractivity contribution is 9.10. The highest BCUT2D eigenvalue weighted by Crippen LogP contribution is 2.16. The fraction of sp³-hybridized carbons (Fsp3) is 0.200. The molecule has 1 amide bonds. The number of aryl methyl sites for hydroxylation is 1. The molecule has 0 saturated carbocycles. The van der Waals surface area contributed by atoms with Gasteiger partial charge in [0.2, 0.25) is 5.91 Å². The maximum atomic E-state index is 13.5. The van der Waals surface area contributed by atoms with Crippen LogP contribution in [0.15, 0.2) is 42.6 Å². The molecule has 0 radical (unpaired) electrons. The van der Waals surface area contributed by atoms with Crippen LogP contribution in [-0.4, -0.2) is 15.7 Å². The third-order valence-electron chi connectivity index (χ3n) is 2.89. The first kappa shape index (κ1) is 14.7. The number of aromatic nitrogens is 1. The molecule has 2 aromatic rings. The number of alkyl halides is 1. The fourth-order valence-corrected chi connectivity index (χ4v) is 2.22. The van der Waals surface area contributed by atoms with E-state index in [1.54, 1.807) is 30.5 Å². The average molecular weight is 337 g/mol. The standard InChI is InChI=1S/C15H14BrFN2O/c1-10-5-4-8-18-14(10)19-15(20)12(16)9-11-6-2-3-7-13(11)17/h2-8,12H,9H2,1H3,(H,18,19,20). The van der Waals surface area contributed by atoms with Gasteiger partial charge in [-0.1, -0.05) is 40.2 Å². The molecule has 1 unspecified atom stereocenters. The maximum absolute atomic E-state index is 13.5. The smallest absolute Gasteiger partial charge is 0.239 e. The first-order valence-electron chi connectivity index (χ1n) is 6.18. The van der Waals surface area contributed by atoms with E-state index in [9.17, 15) is 9.18 Å². The normalized spacial score (nSPS) is 11.9. The van der Waals surface area contributed by atoms with Crippen LogP contribution in [0.5, 0.6) is 0 Å². The van der Waals surface area contributed by atoms with E-state index in [2.05, 4.69) is 26.2 Å². The van der Waals surface area contributed by atoms with Crippen molar-refractivity contribution in [3.8, 4) is 0 Å². The van der Waals surface area contributed by atoms with Crippen LogP contribution in [0.25, 0.3) is 0 Å². The van der Waals surface area contributed by atoms with Gasteiger partial charge in [0.1, 0.15) is 11.6 Å². The van der Waals surface area contributed by atoms with Gasteiger partial charge in [0.15, 0.2) is 0 Å². The lowest BCUT2D eigenvalue weighted by molar-refractivity contribution is -0.115. The summed E-state index contributed by atoms with van der Waals surface area (Å²) in [6, 6.07) is 10.1. The molecule has 3 nitrogen and oxygen atoms in total. The van der Waals surface area contributed by atoms with Crippen molar-refractivity contribution >= 4 is 27.7 Å². The number of carbonyl (C=O) groups is 1. The van der Waals surface area contributed by atoms with Gasteiger partial charge in [0.05, 0.1) is 4.83 Å². The van der Waals surface area contributed by atoms with Gasteiger partial charge in [-0.3, -0.25) is 4.79 Å². The lowest BCUT2D eigenvalue weighted by atomic mass is 10.1. The SMILES string of the molecule is Cc1cccnc1NC(=O)C(Br)Cc1ccccc1F. The summed E-state index contributed by atoms with van der Waals surface area (Å²) in [6.07, 6.45) is 1.90. The Morgan fingerprint density at radius 1 is 1.35 bits per heavy atom. The Morgan fingerprint density at radius 2 is 2.10 bits per heavy atom. The summed E-state index contributed by atoms with van der Waals surface area (Å²) in [7, 11) is 0. The number of amides is 1. The quantitative estimate of drug-likeness (QED) is 0.868. The Hall–Kier alpha value is -1.75. The lowest BCUT2D eigenvalue weighted by Crippen LogP contribution is -2.25. The predicted octanol–water partition coefficient (Wildman–Crippen LogP) is 3.47. The van der Waals surface area contributed by atoms with Crippen molar-refractivity contribution in [3.63, 3.8) is 0 Å². The highest BCUT2D eigenvalue weighted by Gasteiger charge is 2.18. The van der Waals surface area contributed by atoms with Gasteiger partial charge >= 0.3 is 0 Å². The Labute approximate surface area is 125 Å². The van der Waals surface area contributed by atoms with Crippen LogP contribution in [0.4, 0.5) is 10.2 Å². The third kappa shape index (κ3) is 3.63. The number of benzene rings is 1. The summed E-state index contributed by atoms with van der Waals surface area (Å²) in [4.78, 5) is 15.6. The number of pyridine rings is 1. The Bertz CT molecular complexity index is 618. The minimum absolute atomic E-state index is 0.241. The molecule has 5 heteroatoms. The second-order valence-electron chi connectivity index (χ2n) is 4.42. The molecule has 0 bridgehead atoms. The van der Waals surface area contributed by atoms with Crippen molar-refractivity contribution in [2.75, 3.05) is 5.32 Å². The zero-order valence-electron chi connectivity index (χ0n) is 10.9. The van der Waals surface area contributed by atoms with E-state index < -0.39 is 4.83 Å². The number of nitrogens with one attached hydrogen (secondary N) is 1. The lowest BCUT2D eigenvalue weighted by Gasteiger charge is -2.12. The van der Waals surface area contributed by atoms with E-state index in [0.717, 1.165) is 5.56 Å². The summed E-state index contributed by atoms with van der Waals surface area (Å²) in [5.41, 5.74) is 1.38. The van der Waals surface area contributed by atoms with E-state index in [-0.39, 0.29) is 18.1 Å². The van der Waals surface area contributed by atoms with E-state index in [4.69, 9.17) is 0 Å². The molecular weight excluding hydrogens is 323 g/mol. The number of halogens is 2. The molecule has 0 spiro atoms. The molecule has 1 heterocycles. The predicted molar refractivity (Wildman–Crippen MR) is 80.4 cm³/mol. The average Bonchev–Trinajstić information content (AvgIpc) is 2.43. The minimum Gasteiger partial charge on any atom is -0.309 e. The van der Waals surface area contributed by atoms with Crippen molar-refractivity contribution in [1.82, 2.24) is 4.98 Å². The van der Waals surface area contributed by atoms with E-state index in [1.165, 1.54) is 6.07 Å². The molecule has 20 heavy (non-hydrogen) atoms. The molecule has 0 aliphatic rings. The van der Waals surface area contributed by atoms with E-state index >= 15 is 0 Å². The van der Waals surface area contributed by atoms with Gasteiger partial charge in [-0.15, -0.1) is 0 Å². The Morgan fingerprint density at radius 3 is 2.80 bits per heavy atom. The van der Waals surface area contributed by atoms with Crippen LogP contribution in [0.1, 0.15) is 11.1 Å². The molecule has 1 aromatic carbocycles. The summed E-state index contributed by atoms with van der Waals surface area (Å²) < 4.78 is 13.5. The summed E-state index contributed by atoms with van der Waals surface area (Å²) in [5, 5.41) is 2.73. The number of anilines is 1. The zero-order chi connectivity index (χ0) is 14.5. The molecule has 1 aromatic heterocycles. The summed E-state index contributed by atoms with van der Waals surface area (Å²) in [6.45, 7) is 1.86. The second-order valence-corrected chi connectivity index (χ2v) is 5.53. The van der Waals surface area contributed by atoms with Crippen molar-refractivity contribution in [2.45, 2.75) is 18.2 Å². The Kier molecular flexibility index (Phi) is 4.84. The molecule has 104 valence electrons. The molecule has 2 rings (SSSR count). The van der Waals surface area contributed by atoms with Crippen LogP contribution in [0.2, 0.25) is 0 Å². The number of hydrogen-bond donors (Lipinski definition) is 1. The Balaban J connectivity index is 2.03. The molecule has 0 saturated heterocycles. The van der Waals surface area contributed by atoms with Gasteiger partial charge in [-0.25, -0.2) is 9.37 Å². The van der Waals surface area contributed by atoms with Gasteiger partial charge < -0.3 is 5.32 Å². The largest absolute Gasteiger partial charge is 0.309 e. The topological polar surface area (TPSA) is 42.0 Å². The fourth-order valence-electron chi connectivity index (χ4n) is 1.76. The van der Waals surface area contributed by atoms with Crippen molar-refractivity contribution < 1.29 is 9.18 Å². The third-order valence-corrected chi connectivity index (χ3v) is 3.63. The number of hydrogen-bond acceptors (Lipinski definition) is 2. The number of rotatable bonds is 4. The first-order chi connectivity index (χ1) is 9.58. The molecular formula is C15H14BrFN2O. The van der Waals surface area contributed by atoms with Crippen LogP contribution >= 0.6 is 15.9 Å². The van der Waals surface area contributed by atoms with Crippen LogP contribution in [0.3, 0.4) is 0 Å². The first-order valence-corrected chi connectivity index (χ1v) is 7.09. The van der Waals surface area contributed by atoms with Crippen LogP contribution < -0.4 is 5.32 Å². The molecule has 1 N–H and O–H groups in total. The molecule has 1 atom stereocenters. The minimum atomic E-state index is -0.513. The number of nitrogens with zero attached hydrogens (tertiary/aromatic N) is 1. The van der Waals surface area contributed by atoms with Gasteiger partial charge in [0, 0.05) is 6.20 Å². The molecule has 0 aliphatic heterocycles. The molecule has 0 fully saturated rings. The van der Waals surface area contributed by atoms with Crippen molar-refractivity contribution in [3.05, 3.63) is 59.5 Å².